The molecule has 5 rings (SSSR count). The molecular weight excluding hydrogens is 495 g/mol. The van der Waals surface area contributed by atoms with E-state index in [9.17, 15) is 31.5 Å². The summed E-state index contributed by atoms with van der Waals surface area (Å²) in [6.07, 6.45) is -3.03. The largest absolute Gasteiger partial charge is 0.457 e. The number of ether oxygens (including phenoxy) is 1. The molecule has 13 heteroatoms. The Kier molecular flexibility index (Phi) is 5.85. The molecule has 1 saturated carbocycles. The van der Waals surface area contributed by atoms with Gasteiger partial charge < -0.3 is 4.74 Å². The number of alkyl halides is 5. The lowest BCUT2D eigenvalue weighted by Crippen LogP contribution is -2.36. The Bertz CT molecular complexity index is 1370. The summed E-state index contributed by atoms with van der Waals surface area (Å²) in [7, 11) is -1.51. The molecule has 1 N–H and O–H groups in total. The molecule has 3 heterocycles. The lowest BCUT2D eigenvalue weighted by atomic mass is 9.96. The summed E-state index contributed by atoms with van der Waals surface area (Å²) in [5, 5.41) is -0.584. The minimum atomic E-state index is -4.74. The van der Waals surface area contributed by atoms with E-state index in [0.29, 0.717) is 0 Å². The van der Waals surface area contributed by atoms with E-state index in [2.05, 4.69) is 15.0 Å². The van der Waals surface area contributed by atoms with Crippen molar-refractivity contribution in [1.82, 2.24) is 19.5 Å². The van der Waals surface area contributed by atoms with Gasteiger partial charge in [-0.3, -0.25) is 14.3 Å². The van der Waals surface area contributed by atoms with Gasteiger partial charge in [0.05, 0.1) is 23.0 Å². The van der Waals surface area contributed by atoms with Crippen LogP contribution in [0.2, 0.25) is 0 Å². The number of aromatic nitrogens is 4. The molecule has 1 aliphatic heterocycles. The number of aromatic amines is 1. The van der Waals surface area contributed by atoms with Crippen LogP contribution in [-0.2, 0) is 12.7 Å². The van der Waals surface area contributed by atoms with Gasteiger partial charge in [-0.25, -0.2) is 34.4 Å². The van der Waals surface area contributed by atoms with Gasteiger partial charge in [0, 0.05) is 35.9 Å². The Morgan fingerprint density at radius 3 is 2.46 bits per heavy atom. The second-order valence-corrected chi connectivity index (χ2v) is 11.3. The first kappa shape index (κ1) is 23.8. The van der Waals surface area contributed by atoms with Gasteiger partial charge >= 0.3 is 17.9 Å². The molecule has 0 saturated heterocycles. The lowest BCUT2D eigenvalue weighted by Gasteiger charge is -2.37. The number of nitrogens with one attached hydrogen (secondary N) is 1. The van der Waals surface area contributed by atoms with E-state index in [-0.39, 0.29) is 65.0 Å². The Balaban J connectivity index is 1.69. The van der Waals surface area contributed by atoms with Crippen LogP contribution >= 0.6 is 10.9 Å². The van der Waals surface area contributed by atoms with E-state index in [1.165, 1.54) is 17.0 Å². The Morgan fingerprint density at radius 1 is 1.11 bits per heavy atom. The molecule has 1 aromatic carbocycles. The van der Waals surface area contributed by atoms with Crippen molar-refractivity contribution in [2.24, 2.45) is 0 Å². The zero-order valence-corrected chi connectivity index (χ0v) is 19.1. The molecule has 3 aromatic rings. The molecule has 2 aliphatic rings. The second-order valence-electron chi connectivity index (χ2n) is 8.77. The van der Waals surface area contributed by atoms with E-state index in [4.69, 9.17) is 4.74 Å². The minimum absolute atomic E-state index is 0.0262. The number of hydrogen-bond acceptors (Lipinski definition) is 5. The number of nitrogens with zero attached hydrogens (tertiary/aromatic N) is 3. The van der Waals surface area contributed by atoms with Crippen LogP contribution in [-0.4, -0.2) is 42.5 Å². The summed E-state index contributed by atoms with van der Waals surface area (Å²) in [5.41, 5.74) is -2.62. The molecule has 35 heavy (non-hydrogen) atoms. The first-order valence-electron chi connectivity index (χ1n) is 11.0. The van der Waals surface area contributed by atoms with Crippen molar-refractivity contribution >= 4 is 21.8 Å². The van der Waals surface area contributed by atoms with Crippen LogP contribution < -0.4 is 16.0 Å². The summed E-state index contributed by atoms with van der Waals surface area (Å²) in [4.78, 5) is 35.7. The van der Waals surface area contributed by atoms with Crippen LogP contribution in [0.5, 0.6) is 6.01 Å². The van der Waals surface area contributed by atoms with Gasteiger partial charge in [0.2, 0.25) is 5.92 Å². The molecule has 0 bridgehead atoms. The fourth-order valence-electron chi connectivity index (χ4n) is 4.80. The standard InChI is InChI=1S/C22H21F5N4O3S/c23-21(24)4-2-14(3-5-21)35-11-13(34-19-28-6-1-7-29-19)10-31-17-15(18(32)30-20(31)33)8-12(9-16(17)35)22(25,26)27/h1,6-9,13-14,35H,2-5,10-11H2,(H,30,32,33). The van der Waals surface area contributed by atoms with E-state index in [1.54, 1.807) is 6.07 Å². The van der Waals surface area contributed by atoms with Crippen molar-refractivity contribution in [3.63, 3.8) is 0 Å². The number of halogens is 5. The van der Waals surface area contributed by atoms with Gasteiger partial charge in [-0.1, -0.05) is 0 Å². The highest BCUT2D eigenvalue weighted by Gasteiger charge is 2.41. The summed E-state index contributed by atoms with van der Waals surface area (Å²) in [6, 6.07) is 3.31. The fourth-order valence-corrected chi connectivity index (χ4v) is 8.01. The average Bonchev–Trinajstić information content (AvgIpc) is 2.95. The van der Waals surface area contributed by atoms with Crippen molar-refractivity contribution in [1.29, 1.82) is 0 Å². The molecule has 2 atom stereocenters. The predicted molar refractivity (Wildman–Crippen MR) is 120 cm³/mol. The summed E-state index contributed by atoms with van der Waals surface area (Å²) < 4.78 is 76.3. The van der Waals surface area contributed by atoms with Crippen LogP contribution in [0.3, 0.4) is 0 Å². The maximum atomic E-state index is 13.9. The minimum Gasteiger partial charge on any atom is -0.457 e. The van der Waals surface area contributed by atoms with E-state index >= 15 is 0 Å². The van der Waals surface area contributed by atoms with Crippen LogP contribution in [0.25, 0.3) is 10.9 Å². The number of hydrogen-bond donors (Lipinski definition) is 2. The van der Waals surface area contributed by atoms with Gasteiger partial charge in [-0.05, 0) is 36.3 Å². The molecule has 1 aliphatic carbocycles. The number of H-pyrrole nitrogens is 1. The first-order valence-corrected chi connectivity index (χ1v) is 12.6. The van der Waals surface area contributed by atoms with Gasteiger partial charge in [0.15, 0.2) is 0 Å². The highest BCUT2D eigenvalue weighted by atomic mass is 32.2. The molecule has 2 unspecified atom stereocenters. The zero-order valence-electron chi connectivity index (χ0n) is 18.2. The van der Waals surface area contributed by atoms with Crippen molar-refractivity contribution in [2.45, 2.75) is 60.6 Å². The van der Waals surface area contributed by atoms with Gasteiger partial charge in [0.25, 0.3) is 5.56 Å². The molecule has 0 spiro atoms. The van der Waals surface area contributed by atoms with E-state index in [0.717, 1.165) is 12.1 Å². The van der Waals surface area contributed by atoms with Crippen molar-refractivity contribution in [2.75, 3.05) is 5.75 Å². The van der Waals surface area contributed by atoms with E-state index in [1.807, 2.05) is 0 Å². The highest BCUT2D eigenvalue weighted by molar-refractivity contribution is 8.17. The molecule has 7 nitrogen and oxygen atoms in total. The van der Waals surface area contributed by atoms with Gasteiger partial charge in [-0.2, -0.15) is 13.2 Å². The third-order valence-corrected chi connectivity index (χ3v) is 9.59. The third-order valence-electron chi connectivity index (χ3n) is 6.43. The van der Waals surface area contributed by atoms with Crippen molar-refractivity contribution in [3.8, 4) is 6.01 Å². The third kappa shape index (κ3) is 4.65. The van der Waals surface area contributed by atoms with Crippen molar-refractivity contribution < 1.29 is 26.7 Å². The lowest BCUT2D eigenvalue weighted by molar-refractivity contribution is -0.137. The van der Waals surface area contributed by atoms with Crippen LogP contribution in [0.1, 0.15) is 31.2 Å². The van der Waals surface area contributed by atoms with Crippen LogP contribution in [0.15, 0.2) is 45.1 Å². The van der Waals surface area contributed by atoms with E-state index < -0.39 is 45.9 Å². The smallest absolute Gasteiger partial charge is 0.416 e. The second kappa shape index (κ2) is 8.61. The van der Waals surface area contributed by atoms with Crippen molar-refractivity contribution in [3.05, 3.63) is 57.0 Å². The molecule has 0 radical (unpaired) electrons. The summed E-state index contributed by atoms with van der Waals surface area (Å²) >= 11 is 0. The maximum Gasteiger partial charge on any atom is 0.416 e. The van der Waals surface area contributed by atoms with Gasteiger partial charge in [0.1, 0.15) is 6.10 Å². The maximum absolute atomic E-state index is 13.9. The van der Waals surface area contributed by atoms with Crippen LogP contribution in [0, 0.1) is 0 Å². The fraction of sp³-hybridized carbons (Fsp3) is 0.455. The molecule has 188 valence electrons. The molecular formula is C22H21F5N4O3S. The zero-order chi connectivity index (χ0) is 25.0. The number of thiol groups is 1. The Morgan fingerprint density at radius 2 is 1.80 bits per heavy atom. The Hall–Kier alpha value is -2.96. The topological polar surface area (TPSA) is 89.9 Å². The molecule has 1 fully saturated rings. The summed E-state index contributed by atoms with van der Waals surface area (Å²) in [5.74, 6) is -2.61. The predicted octanol–water partition coefficient (Wildman–Crippen LogP) is 3.90. The average molecular weight is 516 g/mol. The SMILES string of the molecule is O=c1[nH]c(=O)n2c3c(cc(C(F)(F)F)cc13)[SH](C1CCC(F)(F)CC1)CC(Oc1ncccn1)C2. The highest BCUT2D eigenvalue weighted by Crippen LogP contribution is 2.53. The monoisotopic (exact) mass is 516 g/mol. The normalized spacial score (nSPS) is 23.7. The van der Waals surface area contributed by atoms with Crippen LogP contribution in [0.4, 0.5) is 22.0 Å². The quantitative estimate of drug-likeness (QED) is 0.407. The Labute approximate surface area is 197 Å². The molecule has 2 aromatic heterocycles. The molecule has 0 amide bonds. The number of benzene rings is 1. The van der Waals surface area contributed by atoms with Gasteiger partial charge in [-0.15, -0.1) is 0 Å². The number of rotatable bonds is 3. The summed E-state index contributed by atoms with van der Waals surface area (Å²) in [6.45, 7) is -0.0650. The first-order chi connectivity index (χ1) is 16.5.